The number of benzene rings is 1. The molecule has 0 saturated heterocycles. The molecule has 90 valence electrons. The van der Waals surface area contributed by atoms with E-state index in [4.69, 9.17) is 10.5 Å². The lowest BCUT2D eigenvalue weighted by Gasteiger charge is -2.28. The number of rotatable bonds is 3. The topological polar surface area (TPSA) is 55.5 Å². The fourth-order valence-electron chi connectivity index (χ4n) is 1.73. The molecule has 0 heterocycles. The fraction of sp³-hybridized carbons (Fsp3) is 0.538. The number of aliphatic hydroxyl groups is 1. The van der Waals surface area contributed by atoms with Crippen molar-refractivity contribution in [3.63, 3.8) is 0 Å². The fourth-order valence-corrected chi connectivity index (χ4v) is 1.73. The number of methoxy groups -OCH3 is 1. The SMILES string of the molecule is COc1ccc(C(O)C(C)(C)N)c(C)c1C. The first-order chi connectivity index (χ1) is 7.29. The summed E-state index contributed by atoms with van der Waals surface area (Å²) in [6.07, 6.45) is -0.669. The number of ether oxygens (including phenoxy) is 1. The average Bonchev–Trinajstić information content (AvgIpc) is 2.20. The molecule has 0 aliphatic rings. The summed E-state index contributed by atoms with van der Waals surface area (Å²) < 4.78 is 5.23. The van der Waals surface area contributed by atoms with Crippen LogP contribution in [-0.2, 0) is 0 Å². The summed E-state index contributed by atoms with van der Waals surface area (Å²) in [6, 6.07) is 3.74. The molecule has 0 radical (unpaired) electrons. The molecule has 0 saturated carbocycles. The molecule has 1 rings (SSSR count). The van der Waals surface area contributed by atoms with Crippen molar-refractivity contribution >= 4 is 0 Å². The summed E-state index contributed by atoms with van der Waals surface area (Å²) in [6.45, 7) is 7.59. The lowest BCUT2D eigenvalue weighted by molar-refractivity contribution is 0.104. The van der Waals surface area contributed by atoms with Crippen LogP contribution in [0.4, 0.5) is 0 Å². The van der Waals surface area contributed by atoms with Crippen molar-refractivity contribution in [1.82, 2.24) is 0 Å². The van der Waals surface area contributed by atoms with E-state index in [-0.39, 0.29) is 0 Å². The molecule has 3 heteroatoms. The van der Waals surface area contributed by atoms with Crippen LogP contribution in [0.3, 0.4) is 0 Å². The quantitative estimate of drug-likeness (QED) is 0.825. The lowest BCUT2D eigenvalue weighted by Crippen LogP contribution is -2.39. The molecule has 0 aromatic heterocycles. The molecular weight excluding hydrogens is 202 g/mol. The van der Waals surface area contributed by atoms with Crippen molar-refractivity contribution in [2.24, 2.45) is 5.73 Å². The molecule has 16 heavy (non-hydrogen) atoms. The Hall–Kier alpha value is -1.06. The van der Waals surface area contributed by atoms with Crippen molar-refractivity contribution in [3.05, 3.63) is 28.8 Å². The Labute approximate surface area is 97.2 Å². The molecule has 1 aromatic rings. The van der Waals surface area contributed by atoms with Gasteiger partial charge in [-0.3, -0.25) is 0 Å². The largest absolute Gasteiger partial charge is 0.496 e. The summed E-state index contributed by atoms with van der Waals surface area (Å²) in [5.74, 6) is 0.836. The van der Waals surface area contributed by atoms with Crippen molar-refractivity contribution < 1.29 is 9.84 Å². The Bertz CT molecular complexity index is 380. The highest BCUT2D eigenvalue weighted by Gasteiger charge is 2.26. The standard InChI is InChI=1S/C13H21NO2/c1-8-9(2)11(16-5)7-6-10(8)12(15)13(3,4)14/h6-7,12,15H,14H2,1-5H3. The molecule has 0 spiro atoms. The molecule has 0 amide bonds. The minimum atomic E-state index is -0.669. The molecular formula is C13H21NO2. The van der Waals surface area contributed by atoms with Gasteiger partial charge < -0.3 is 15.6 Å². The predicted octanol–water partition coefficient (Wildman–Crippen LogP) is 2.08. The van der Waals surface area contributed by atoms with Gasteiger partial charge in [-0.1, -0.05) is 6.07 Å². The third kappa shape index (κ3) is 2.36. The second kappa shape index (κ2) is 4.44. The molecule has 0 bridgehead atoms. The molecule has 0 aliphatic carbocycles. The molecule has 1 atom stereocenters. The minimum Gasteiger partial charge on any atom is -0.496 e. The van der Waals surface area contributed by atoms with E-state index in [1.807, 2.05) is 39.8 Å². The second-order valence-corrected chi connectivity index (χ2v) is 4.83. The summed E-state index contributed by atoms with van der Waals surface area (Å²) >= 11 is 0. The summed E-state index contributed by atoms with van der Waals surface area (Å²) in [5, 5.41) is 10.2. The van der Waals surface area contributed by atoms with Gasteiger partial charge in [0, 0.05) is 5.54 Å². The van der Waals surface area contributed by atoms with E-state index in [1.165, 1.54) is 0 Å². The van der Waals surface area contributed by atoms with Crippen LogP contribution in [0.5, 0.6) is 5.75 Å². The maximum Gasteiger partial charge on any atom is 0.122 e. The Kier molecular flexibility index (Phi) is 3.61. The van der Waals surface area contributed by atoms with E-state index in [2.05, 4.69) is 0 Å². The first kappa shape index (κ1) is 13.0. The molecule has 0 fully saturated rings. The monoisotopic (exact) mass is 223 g/mol. The Morgan fingerprint density at radius 3 is 2.25 bits per heavy atom. The predicted molar refractivity (Wildman–Crippen MR) is 65.7 cm³/mol. The summed E-state index contributed by atoms with van der Waals surface area (Å²) in [5.41, 5.74) is 8.22. The maximum absolute atomic E-state index is 10.2. The lowest BCUT2D eigenvalue weighted by atomic mass is 9.88. The molecule has 3 nitrogen and oxygen atoms in total. The van der Waals surface area contributed by atoms with Gasteiger partial charge in [-0.25, -0.2) is 0 Å². The highest BCUT2D eigenvalue weighted by molar-refractivity contribution is 5.45. The second-order valence-electron chi connectivity index (χ2n) is 4.83. The molecule has 0 aliphatic heterocycles. The average molecular weight is 223 g/mol. The van der Waals surface area contributed by atoms with Crippen LogP contribution in [0.2, 0.25) is 0 Å². The zero-order valence-corrected chi connectivity index (χ0v) is 10.7. The van der Waals surface area contributed by atoms with Crippen LogP contribution >= 0.6 is 0 Å². The summed E-state index contributed by atoms with van der Waals surface area (Å²) in [4.78, 5) is 0. The normalized spacial score (nSPS) is 13.7. The third-order valence-electron chi connectivity index (χ3n) is 3.00. The van der Waals surface area contributed by atoms with Gasteiger partial charge in [0.15, 0.2) is 0 Å². The van der Waals surface area contributed by atoms with Gasteiger partial charge in [0.05, 0.1) is 13.2 Å². The van der Waals surface area contributed by atoms with E-state index in [9.17, 15) is 5.11 Å². The van der Waals surface area contributed by atoms with Crippen molar-refractivity contribution in [3.8, 4) is 5.75 Å². The Morgan fingerprint density at radius 1 is 1.25 bits per heavy atom. The molecule has 1 unspecified atom stereocenters. The van der Waals surface area contributed by atoms with Crippen molar-refractivity contribution in [2.75, 3.05) is 7.11 Å². The van der Waals surface area contributed by atoms with Gasteiger partial charge in [0.2, 0.25) is 0 Å². The van der Waals surface area contributed by atoms with Gasteiger partial charge in [-0.2, -0.15) is 0 Å². The van der Waals surface area contributed by atoms with Crippen LogP contribution in [0.25, 0.3) is 0 Å². The Balaban J connectivity index is 3.22. The van der Waals surface area contributed by atoms with Crippen LogP contribution in [0.1, 0.15) is 36.6 Å². The van der Waals surface area contributed by atoms with Crippen molar-refractivity contribution in [2.45, 2.75) is 39.3 Å². The maximum atomic E-state index is 10.2. The number of hydrogen-bond donors (Lipinski definition) is 2. The van der Waals surface area contributed by atoms with Crippen LogP contribution < -0.4 is 10.5 Å². The first-order valence-corrected chi connectivity index (χ1v) is 5.40. The zero-order valence-electron chi connectivity index (χ0n) is 10.7. The minimum absolute atomic E-state index is 0.647. The van der Waals surface area contributed by atoms with Crippen LogP contribution in [0, 0.1) is 13.8 Å². The number of aliphatic hydroxyl groups excluding tert-OH is 1. The number of nitrogens with two attached hydrogens (primary N) is 1. The Morgan fingerprint density at radius 2 is 1.81 bits per heavy atom. The highest BCUT2D eigenvalue weighted by Crippen LogP contribution is 2.31. The van der Waals surface area contributed by atoms with Crippen LogP contribution in [0.15, 0.2) is 12.1 Å². The van der Waals surface area contributed by atoms with E-state index in [0.717, 1.165) is 22.4 Å². The van der Waals surface area contributed by atoms with Gasteiger partial charge in [0.25, 0.3) is 0 Å². The van der Waals surface area contributed by atoms with Gasteiger partial charge in [0.1, 0.15) is 5.75 Å². The smallest absolute Gasteiger partial charge is 0.122 e. The van der Waals surface area contributed by atoms with E-state index >= 15 is 0 Å². The van der Waals surface area contributed by atoms with E-state index in [0.29, 0.717) is 0 Å². The zero-order chi connectivity index (χ0) is 12.5. The van der Waals surface area contributed by atoms with Crippen LogP contribution in [-0.4, -0.2) is 17.8 Å². The molecule has 3 N–H and O–H groups in total. The third-order valence-corrected chi connectivity index (χ3v) is 3.00. The van der Waals surface area contributed by atoms with Gasteiger partial charge in [-0.15, -0.1) is 0 Å². The van der Waals surface area contributed by atoms with Crippen molar-refractivity contribution in [1.29, 1.82) is 0 Å². The van der Waals surface area contributed by atoms with Gasteiger partial charge in [-0.05, 0) is 50.5 Å². The first-order valence-electron chi connectivity index (χ1n) is 5.40. The number of hydrogen-bond acceptors (Lipinski definition) is 3. The van der Waals surface area contributed by atoms with E-state index < -0.39 is 11.6 Å². The van der Waals surface area contributed by atoms with E-state index in [1.54, 1.807) is 7.11 Å². The highest BCUT2D eigenvalue weighted by atomic mass is 16.5. The van der Waals surface area contributed by atoms with Gasteiger partial charge >= 0.3 is 0 Å². The summed E-state index contributed by atoms with van der Waals surface area (Å²) in [7, 11) is 1.64. The molecule has 1 aromatic carbocycles.